The number of nitrogens with one attached hydrogen (secondary N) is 2. The van der Waals surface area contributed by atoms with Crippen molar-refractivity contribution in [1.29, 1.82) is 0 Å². The summed E-state index contributed by atoms with van der Waals surface area (Å²) in [4.78, 5) is 26.0. The minimum absolute atomic E-state index is 0.329. The number of ether oxygens (including phenoxy) is 2. The number of rotatable bonds is 4. The second-order valence-corrected chi connectivity index (χ2v) is 4.75. The third-order valence-corrected chi connectivity index (χ3v) is 3.32. The van der Waals surface area contributed by atoms with Crippen molar-refractivity contribution in [2.24, 2.45) is 0 Å². The molecule has 0 unspecified atom stereocenters. The fraction of sp³-hybridized carbons (Fsp3) is 0.125. The highest BCUT2D eigenvalue weighted by molar-refractivity contribution is 6.05. The SMILES string of the molecule is COc1ccc(NC(=O)c2ccc3[nH]c(=O)oc3c2)cc1OC. The van der Waals surface area contributed by atoms with Crippen molar-refractivity contribution in [3.63, 3.8) is 0 Å². The maximum atomic E-state index is 12.3. The molecule has 23 heavy (non-hydrogen) atoms. The number of hydrogen-bond donors (Lipinski definition) is 2. The maximum absolute atomic E-state index is 12.3. The average Bonchev–Trinajstić information content (AvgIpc) is 2.93. The van der Waals surface area contributed by atoms with E-state index in [1.165, 1.54) is 20.3 Å². The number of benzene rings is 2. The first-order valence-electron chi connectivity index (χ1n) is 6.77. The summed E-state index contributed by atoms with van der Waals surface area (Å²) in [6.45, 7) is 0. The van der Waals surface area contributed by atoms with Crippen LogP contribution in [0.25, 0.3) is 11.1 Å². The highest BCUT2D eigenvalue weighted by Gasteiger charge is 2.11. The molecular weight excluding hydrogens is 300 g/mol. The van der Waals surface area contributed by atoms with Gasteiger partial charge in [0.2, 0.25) is 0 Å². The average molecular weight is 314 g/mol. The molecular formula is C16H14N2O5. The highest BCUT2D eigenvalue weighted by Crippen LogP contribution is 2.30. The number of oxazole rings is 1. The van der Waals surface area contributed by atoms with E-state index in [-0.39, 0.29) is 5.91 Å². The fourth-order valence-corrected chi connectivity index (χ4v) is 2.20. The van der Waals surface area contributed by atoms with Crippen molar-refractivity contribution >= 4 is 22.7 Å². The quantitative estimate of drug-likeness (QED) is 0.771. The van der Waals surface area contributed by atoms with Gasteiger partial charge >= 0.3 is 5.76 Å². The molecule has 7 heteroatoms. The Balaban J connectivity index is 1.86. The van der Waals surface area contributed by atoms with Crippen LogP contribution in [-0.4, -0.2) is 25.1 Å². The summed E-state index contributed by atoms with van der Waals surface area (Å²) >= 11 is 0. The van der Waals surface area contributed by atoms with Crippen LogP contribution in [0.2, 0.25) is 0 Å². The molecule has 118 valence electrons. The molecule has 0 saturated carbocycles. The third kappa shape index (κ3) is 2.89. The molecule has 3 aromatic rings. The Morgan fingerprint density at radius 2 is 1.87 bits per heavy atom. The normalized spacial score (nSPS) is 10.5. The number of aromatic amines is 1. The largest absolute Gasteiger partial charge is 0.493 e. The van der Waals surface area contributed by atoms with Gasteiger partial charge in [0, 0.05) is 17.3 Å². The van der Waals surface area contributed by atoms with Crippen LogP contribution in [0.15, 0.2) is 45.6 Å². The third-order valence-electron chi connectivity index (χ3n) is 3.32. The minimum atomic E-state index is -0.558. The van der Waals surface area contributed by atoms with Gasteiger partial charge in [0.25, 0.3) is 5.91 Å². The topological polar surface area (TPSA) is 93.6 Å². The zero-order chi connectivity index (χ0) is 16.4. The van der Waals surface area contributed by atoms with E-state index in [0.29, 0.717) is 33.8 Å². The van der Waals surface area contributed by atoms with Crippen LogP contribution in [-0.2, 0) is 0 Å². The molecule has 0 aliphatic rings. The van der Waals surface area contributed by atoms with Gasteiger partial charge in [-0.2, -0.15) is 0 Å². The van der Waals surface area contributed by atoms with E-state index in [1.54, 1.807) is 30.3 Å². The first-order valence-corrected chi connectivity index (χ1v) is 6.77. The maximum Gasteiger partial charge on any atom is 0.417 e. The zero-order valence-electron chi connectivity index (χ0n) is 12.5. The second kappa shape index (κ2) is 5.88. The monoisotopic (exact) mass is 314 g/mol. The Kier molecular flexibility index (Phi) is 3.76. The Morgan fingerprint density at radius 1 is 1.09 bits per heavy atom. The number of hydrogen-bond acceptors (Lipinski definition) is 5. The van der Waals surface area contributed by atoms with Gasteiger partial charge in [0.15, 0.2) is 17.1 Å². The molecule has 0 saturated heterocycles. The minimum Gasteiger partial charge on any atom is -0.493 e. The molecule has 1 heterocycles. The summed E-state index contributed by atoms with van der Waals surface area (Å²) in [5.74, 6) is 0.193. The molecule has 1 aromatic heterocycles. The van der Waals surface area contributed by atoms with Gasteiger partial charge in [0.05, 0.1) is 19.7 Å². The van der Waals surface area contributed by atoms with E-state index < -0.39 is 5.76 Å². The Hall–Kier alpha value is -3.22. The van der Waals surface area contributed by atoms with Gasteiger partial charge in [-0.25, -0.2) is 4.79 Å². The number of amides is 1. The van der Waals surface area contributed by atoms with Crippen LogP contribution < -0.4 is 20.5 Å². The van der Waals surface area contributed by atoms with Crippen molar-refractivity contribution in [1.82, 2.24) is 4.98 Å². The number of aromatic nitrogens is 1. The van der Waals surface area contributed by atoms with Crippen LogP contribution in [0.5, 0.6) is 11.5 Å². The predicted octanol–water partition coefficient (Wildman–Crippen LogP) is 2.39. The molecule has 0 radical (unpaired) electrons. The molecule has 7 nitrogen and oxygen atoms in total. The predicted molar refractivity (Wildman–Crippen MR) is 84.3 cm³/mol. The molecule has 0 aliphatic carbocycles. The van der Waals surface area contributed by atoms with Crippen molar-refractivity contribution in [3.8, 4) is 11.5 Å². The van der Waals surface area contributed by atoms with Gasteiger partial charge < -0.3 is 19.2 Å². The molecule has 0 bridgehead atoms. The first kappa shape index (κ1) is 14.7. The number of H-pyrrole nitrogens is 1. The van der Waals surface area contributed by atoms with Crippen LogP contribution in [0, 0.1) is 0 Å². The van der Waals surface area contributed by atoms with Crippen LogP contribution in [0.1, 0.15) is 10.4 Å². The number of anilines is 1. The van der Waals surface area contributed by atoms with E-state index in [2.05, 4.69) is 10.3 Å². The smallest absolute Gasteiger partial charge is 0.417 e. The molecule has 2 aromatic carbocycles. The van der Waals surface area contributed by atoms with E-state index in [9.17, 15) is 9.59 Å². The lowest BCUT2D eigenvalue weighted by Gasteiger charge is -2.10. The number of carbonyl (C=O) groups excluding carboxylic acids is 1. The van der Waals surface area contributed by atoms with E-state index >= 15 is 0 Å². The summed E-state index contributed by atoms with van der Waals surface area (Å²) in [5, 5.41) is 2.75. The van der Waals surface area contributed by atoms with Crippen molar-refractivity contribution < 1.29 is 18.7 Å². The van der Waals surface area contributed by atoms with E-state index in [0.717, 1.165) is 0 Å². The number of fused-ring (bicyclic) bond motifs is 1. The highest BCUT2D eigenvalue weighted by atomic mass is 16.5. The fourth-order valence-electron chi connectivity index (χ4n) is 2.20. The summed E-state index contributed by atoms with van der Waals surface area (Å²) < 4.78 is 15.3. The summed E-state index contributed by atoms with van der Waals surface area (Å²) in [7, 11) is 3.06. The van der Waals surface area contributed by atoms with Gasteiger partial charge in [-0.1, -0.05) is 0 Å². The summed E-state index contributed by atoms with van der Waals surface area (Å²) in [6, 6.07) is 9.78. The van der Waals surface area contributed by atoms with Crippen molar-refractivity contribution in [3.05, 3.63) is 52.5 Å². The lowest BCUT2D eigenvalue weighted by atomic mass is 10.2. The second-order valence-electron chi connectivity index (χ2n) is 4.75. The Morgan fingerprint density at radius 3 is 2.61 bits per heavy atom. The Bertz CT molecular complexity index is 926. The van der Waals surface area contributed by atoms with Crippen LogP contribution in [0.4, 0.5) is 5.69 Å². The molecule has 3 rings (SSSR count). The Labute approximate surface area is 130 Å². The van der Waals surface area contributed by atoms with Gasteiger partial charge in [0.1, 0.15) is 0 Å². The lowest BCUT2D eigenvalue weighted by Crippen LogP contribution is -2.11. The van der Waals surface area contributed by atoms with Crippen molar-refractivity contribution in [2.75, 3.05) is 19.5 Å². The van der Waals surface area contributed by atoms with Crippen LogP contribution >= 0.6 is 0 Å². The molecule has 0 fully saturated rings. The molecule has 1 amide bonds. The number of carbonyl (C=O) groups is 1. The molecule has 0 atom stereocenters. The van der Waals surface area contributed by atoms with Crippen LogP contribution in [0.3, 0.4) is 0 Å². The van der Waals surface area contributed by atoms with Crippen molar-refractivity contribution in [2.45, 2.75) is 0 Å². The summed E-state index contributed by atoms with van der Waals surface area (Å²) in [6.07, 6.45) is 0. The first-order chi connectivity index (χ1) is 11.1. The van der Waals surface area contributed by atoms with Gasteiger partial charge in [-0.05, 0) is 30.3 Å². The van der Waals surface area contributed by atoms with E-state index in [1.807, 2.05) is 0 Å². The lowest BCUT2D eigenvalue weighted by molar-refractivity contribution is 0.102. The van der Waals surface area contributed by atoms with E-state index in [4.69, 9.17) is 13.9 Å². The number of methoxy groups -OCH3 is 2. The zero-order valence-corrected chi connectivity index (χ0v) is 12.5. The van der Waals surface area contributed by atoms with Gasteiger partial charge in [-0.15, -0.1) is 0 Å². The standard InChI is InChI=1S/C16H14N2O5/c1-21-12-6-4-10(8-14(12)22-2)17-15(19)9-3-5-11-13(7-9)23-16(20)18-11/h3-8H,1-2H3,(H,17,19)(H,18,20). The molecule has 2 N–H and O–H groups in total. The summed E-state index contributed by atoms with van der Waals surface area (Å²) in [5.41, 5.74) is 1.80. The molecule has 0 spiro atoms. The van der Waals surface area contributed by atoms with Gasteiger partial charge in [-0.3, -0.25) is 9.78 Å². The molecule has 0 aliphatic heterocycles.